The second-order valence-corrected chi connectivity index (χ2v) is 7.18. The fraction of sp³-hybridized carbons (Fsp3) is 1.00. The minimum atomic E-state index is 0.375. The van der Waals surface area contributed by atoms with Gasteiger partial charge >= 0.3 is 0 Å². The molecule has 0 aliphatic carbocycles. The highest BCUT2D eigenvalue weighted by molar-refractivity contribution is 4.66. The van der Waals surface area contributed by atoms with Crippen LogP contribution in [0.25, 0.3) is 0 Å². The van der Waals surface area contributed by atoms with Crippen molar-refractivity contribution < 1.29 is 5.11 Å². The van der Waals surface area contributed by atoms with Gasteiger partial charge in [0.1, 0.15) is 0 Å². The van der Waals surface area contributed by atoms with Crippen molar-refractivity contribution in [3.63, 3.8) is 0 Å². The Labute approximate surface area is 109 Å². The monoisotopic (exact) mass is 242 g/mol. The van der Waals surface area contributed by atoms with Crippen molar-refractivity contribution in [2.45, 2.75) is 79.6 Å². The fourth-order valence-electron chi connectivity index (χ4n) is 2.13. The van der Waals surface area contributed by atoms with Gasteiger partial charge in [-0.05, 0) is 36.5 Å². The Morgan fingerprint density at radius 1 is 0.882 bits per heavy atom. The highest BCUT2D eigenvalue weighted by Gasteiger charge is 2.14. The number of aliphatic hydroxyl groups excluding tert-OH is 1. The van der Waals surface area contributed by atoms with Crippen LogP contribution in [0.2, 0.25) is 0 Å². The molecular formula is C16H34O. The van der Waals surface area contributed by atoms with Gasteiger partial charge in [0.25, 0.3) is 0 Å². The quantitative estimate of drug-likeness (QED) is 0.562. The molecule has 17 heavy (non-hydrogen) atoms. The van der Waals surface area contributed by atoms with Crippen molar-refractivity contribution in [1.29, 1.82) is 0 Å². The van der Waals surface area contributed by atoms with Gasteiger partial charge in [-0.3, -0.25) is 0 Å². The van der Waals surface area contributed by atoms with Crippen LogP contribution in [0.1, 0.15) is 79.6 Å². The topological polar surface area (TPSA) is 20.2 Å². The van der Waals surface area contributed by atoms with Crippen molar-refractivity contribution in [3.05, 3.63) is 0 Å². The van der Waals surface area contributed by atoms with Crippen LogP contribution < -0.4 is 0 Å². The SMILES string of the molecule is CC(C)CCCCC[C@@H](CO)CCC(C)(C)C. The fourth-order valence-corrected chi connectivity index (χ4v) is 2.13. The van der Waals surface area contributed by atoms with E-state index in [9.17, 15) is 5.11 Å². The zero-order valence-electron chi connectivity index (χ0n) is 12.8. The molecule has 0 radical (unpaired) electrons. The van der Waals surface area contributed by atoms with Gasteiger partial charge in [0, 0.05) is 6.61 Å². The molecule has 104 valence electrons. The van der Waals surface area contributed by atoms with E-state index < -0.39 is 0 Å². The number of hydrogen-bond acceptors (Lipinski definition) is 1. The summed E-state index contributed by atoms with van der Waals surface area (Å²) in [5, 5.41) is 9.37. The molecule has 1 nitrogen and oxygen atoms in total. The van der Waals surface area contributed by atoms with Crippen LogP contribution in [0.3, 0.4) is 0 Å². The average Bonchev–Trinajstić information content (AvgIpc) is 2.20. The largest absolute Gasteiger partial charge is 0.396 e. The standard InChI is InChI=1S/C16H34O/c1-14(2)9-7-6-8-10-15(13-17)11-12-16(3,4)5/h14-15,17H,6-13H2,1-5H3/t15-/m1/s1. The highest BCUT2D eigenvalue weighted by atomic mass is 16.3. The minimum Gasteiger partial charge on any atom is -0.396 e. The Kier molecular flexibility index (Phi) is 8.94. The minimum absolute atomic E-state index is 0.375. The van der Waals surface area contributed by atoms with Crippen LogP contribution in [0.5, 0.6) is 0 Å². The third kappa shape index (κ3) is 12.2. The first-order valence-electron chi connectivity index (χ1n) is 7.46. The Balaban J connectivity index is 3.55. The molecule has 0 aliphatic heterocycles. The van der Waals surface area contributed by atoms with Gasteiger partial charge in [-0.15, -0.1) is 0 Å². The molecule has 0 aliphatic rings. The molecule has 0 rings (SSSR count). The molecule has 0 unspecified atom stereocenters. The summed E-state index contributed by atoms with van der Waals surface area (Å²) in [4.78, 5) is 0. The van der Waals surface area contributed by atoms with E-state index in [1.807, 2.05) is 0 Å². The van der Waals surface area contributed by atoms with Gasteiger partial charge in [0.15, 0.2) is 0 Å². The van der Waals surface area contributed by atoms with E-state index >= 15 is 0 Å². The molecule has 0 aromatic heterocycles. The number of aliphatic hydroxyl groups is 1. The van der Waals surface area contributed by atoms with Gasteiger partial charge in [0.2, 0.25) is 0 Å². The third-order valence-corrected chi connectivity index (χ3v) is 3.45. The molecule has 1 heteroatoms. The molecule has 0 aromatic carbocycles. The maximum Gasteiger partial charge on any atom is 0.0459 e. The molecular weight excluding hydrogens is 208 g/mol. The van der Waals surface area contributed by atoms with Crippen molar-refractivity contribution in [2.75, 3.05) is 6.61 Å². The predicted octanol–water partition coefficient (Wildman–Crippen LogP) is 5.03. The third-order valence-electron chi connectivity index (χ3n) is 3.45. The van der Waals surface area contributed by atoms with Crippen molar-refractivity contribution in [3.8, 4) is 0 Å². The molecule has 0 aromatic rings. The average molecular weight is 242 g/mol. The Hall–Kier alpha value is -0.0400. The summed E-state index contributed by atoms with van der Waals surface area (Å²) in [6, 6.07) is 0. The summed E-state index contributed by atoms with van der Waals surface area (Å²) >= 11 is 0. The molecule has 0 amide bonds. The zero-order valence-corrected chi connectivity index (χ0v) is 12.8. The summed E-state index contributed by atoms with van der Waals surface area (Å²) in [7, 11) is 0. The predicted molar refractivity (Wildman–Crippen MR) is 77.2 cm³/mol. The van der Waals surface area contributed by atoms with Crippen LogP contribution in [0.15, 0.2) is 0 Å². The smallest absolute Gasteiger partial charge is 0.0459 e. The van der Waals surface area contributed by atoms with Gasteiger partial charge in [-0.1, -0.05) is 60.3 Å². The first-order chi connectivity index (χ1) is 7.85. The van der Waals surface area contributed by atoms with E-state index in [1.165, 1.54) is 44.9 Å². The Bertz CT molecular complexity index is 167. The first-order valence-corrected chi connectivity index (χ1v) is 7.46. The Morgan fingerprint density at radius 2 is 1.47 bits per heavy atom. The summed E-state index contributed by atoms with van der Waals surface area (Å²) < 4.78 is 0. The summed E-state index contributed by atoms with van der Waals surface area (Å²) in [6.45, 7) is 11.8. The molecule has 0 saturated carbocycles. The zero-order chi connectivity index (χ0) is 13.3. The lowest BCUT2D eigenvalue weighted by Gasteiger charge is -2.22. The summed E-state index contributed by atoms with van der Waals surface area (Å²) in [5.74, 6) is 1.37. The maximum absolute atomic E-state index is 9.37. The molecule has 0 saturated heterocycles. The lowest BCUT2D eigenvalue weighted by molar-refractivity contribution is 0.190. The molecule has 0 bridgehead atoms. The van der Waals surface area contributed by atoms with Crippen LogP contribution >= 0.6 is 0 Å². The van der Waals surface area contributed by atoms with Crippen molar-refractivity contribution >= 4 is 0 Å². The van der Waals surface area contributed by atoms with E-state index in [-0.39, 0.29) is 0 Å². The van der Waals surface area contributed by atoms with Gasteiger partial charge in [-0.25, -0.2) is 0 Å². The van der Waals surface area contributed by atoms with E-state index in [4.69, 9.17) is 0 Å². The second-order valence-electron chi connectivity index (χ2n) is 7.18. The molecule has 0 fully saturated rings. The van der Waals surface area contributed by atoms with Crippen molar-refractivity contribution in [2.24, 2.45) is 17.3 Å². The highest BCUT2D eigenvalue weighted by Crippen LogP contribution is 2.26. The van der Waals surface area contributed by atoms with Gasteiger partial charge in [0.05, 0.1) is 0 Å². The molecule has 0 heterocycles. The lowest BCUT2D eigenvalue weighted by Crippen LogP contribution is -2.12. The number of rotatable bonds is 9. The first kappa shape index (κ1) is 17.0. The van der Waals surface area contributed by atoms with Crippen LogP contribution in [-0.2, 0) is 0 Å². The van der Waals surface area contributed by atoms with Gasteiger partial charge < -0.3 is 5.11 Å². The van der Waals surface area contributed by atoms with Crippen molar-refractivity contribution in [1.82, 2.24) is 0 Å². The van der Waals surface area contributed by atoms with Crippen LogP contribution in [0.4, 0.5) is 0 Å². The maximum atomic E-state index is 9.37. The normalized spacial score (nSPS) is 14.3. The van der Waals surface area contributed by atoms with E-state index in [1.54, 1.807) is 0 Å². The van der Waals surface area contributed by atoms with Crippen LogP contribution in [0, 0.1) is 17.3 Å². The molecule has 1 N–H and O–H groups in total. The number of hydrogen-bond donors (Lipinski definition) is 1. The Morgan fingerprint density at radius 3 is 1.94 bits per heavy atom. The molecule has 0 spiro atoms. The van der Waals surface area contributed by atoms with E-state index in [0.717, 1.165) is 5.92 Å². The summed E-state index contributed by atoms with van der Waals surface area (Å²) in [6.07, 6.45) is 8.96. The van der Waals surface area contributed by atoms with Crippen LogP contribution in [-0.4, -0.2) is 11.7 Å². The molecule has 1 atom stereocenters. The van der Waals surface area contributed by atoms with E-state index in [0.29, 0.717) is 17.9 Å². The lowest BCUT2D eigenvalue weighted by atomic mass is 9.85. The second kappa shape index (κ2) is 8.97. The van der Waals surface area contributed by atoms with Gasteiger partial charge in [-0.2, -0.15) is 0 Å². The summed E-state index contributed by atoms with van der Waals surface area (Å²) in [5.41, 5.74) is 0.408. The van der Waals surface area contributed by atoms with E-state index in [2.05, 4.69) is 34.6 Å². The number of unbranched alkanes of at least 4 members (excludes halogenated alkanes) is 2.